The molecule has 6 nitrogen and oxygen atoms in total. The molecule has 1 N–H and O–H groups in total. The Balaban J connectivity index is 1.68. The second-order valence-corrected chi connectivity index (χ2v) is 9.61. The first-order valence-electron chi connectivity index (χ1n) is 10.2. The summed E-state index contributed by atoms with van der Waals surface area (Å²) in [5, 5.41) is 12.5. The van der Waals surface area contributed by atoms with E-state index in [4.69, 9.17) is 4.42 Å². The Morgan fingerprint density at radius 1 is 1.21 bits per heavy atom. The van der Waals surface area contributed by atoms with Crippen LogP contribution in [0, 0.1) is 18.3 Å². The van der Waals surface area contributed by atoms with Crippen molar-refractivity contribution in [1.82, 2.24) is 5.32 Å². The number of halogens is 1. The first-order chi connectivity index (χ1) is 16.0. The SMILES string of the molecule is Cc1cccc(CC2S/C(=C(/C#N)C(=O)NCc3ccco3)N(c3ccc(Br)cc3)C2=O)c1. The lowest BCUT2D eigenvalue weighted by Gasteiger charge is -2.18. The number of aryl methyl sites for hydroxylation is 1. The summed E-state index contributed by atoms with van der Waals surface area (Å²) in [7, 11) is 0. The normalized spacial score (nSPS) is 17.1. The topological polar surface area (TPSA) is 86.3 Å². The molecule has 0 bridgehead atoms. The summed E-state index contributed by atoms with van der Waals surface area (Å²) >= 11 is 4.65. The van der Waals surface area contributed by atoms with Crippen LogP contribution in [-0.2, 0) is 22.6 Å². The van der Waals surface area contributed by atoms with Crippen molar-refractivity contribution in [3.05, 3.63) is 98.9 Å². The zero-order valence-corrected chi connectivity index (χ0v) is 20.2. The zero-order valence-electron chi connectivity index (χ0n) is 17.7. The van der Waals surface area contributed by atoms with Crippen molar-refractivity contribution in [1.29, 1.82) is 5.26 Å². The molecule has 1 saturated heterocycles. The van der Waals surface area contributed by atoms with Gasteiger partial charge in [0.25, 0.3) is 5.91 Å². The molecule has 1 unspecified atom stereocenters. The van der Waals surface area contributed by atoms with Gasteiger partial charge in [-0.2, -0.15) is 5.26 Å². The van der Waals surface area contributed by atoms with E-state index in [1.807, 2.05) is 49.4 Å². The van der Waals surface area contributed by atoms with E-state index in [0.717, 1.165) is 15.6 Å². The average molecular weight is 522 g/mol. The molecule has 33 heavy (non-hydrogen) atoms. The number of nitrogens with zero attached hydrogens (tertiary/aromatic N) is 2. The van der Waals surface area contributed by atoms with Gasteiger partial charge in [0.15, 0.2) is 0 Å². The number of nitriles is 1. The summed E-state index contributed by atoms with van der Waals surface area (Å²) in [6, 6.07) is 20.7. The van der Waals surface area contributed by atoms with Crippen molar-refractivity contribution in [3.63, 3.8) is 0 Å². The van der Waals surface area contributed by atoms with E-state index >= 15 is 0 Å². The molecule has 2 heterocycles. The molecule has 0 radical (unpaired) electrons. The van der Waals surface area contributed by atoms with Gasteiger partial charge < -0.3 is 9.73 Å². The molecular formula is C25H20BrN3O3S. The van der Waals surface area contributed by atoms with Crippen LogP contribution in [0.4, 0.5) is 5.69 Å². The van der Waals surface area contributed by atoms with Crippen LogP contribution >= 0.6 is 27.7 Å². The molecule has 166 valence electrons. The monoisotopic (exact) mass is 521 g/mol. The molecule has 0 saturated carbocycles. The summed E-state index contributed by atoms with van der Waals surface area (Å²) in [4.78, 5) is 27.9. The van der Waals surface area contributed by atoms with Gasteiger partial charge in [0.2, 0.25) is 5.91 Å². The highest BCUT2D eigenvalue weighted by Crippen LogP contribution is 2.42. The van der Waals surface area contributed by atoms with Crippen molar-refractivity contribution in [2.45, 2.75) is 25.1 Å². The molecule has 1 fully saturated rings. The Morgan fingerprint density at radius 3 is 2.67 bits per heavy atom. The van der Waals surface area contributed by atoms with Crippen LogP contribution in [0.25, 0.3) is 0 Å². The highest BCUT2D eigenvalue weighted by molar-refractivity contribution is 9.10. The Kier molecular flexibility index (Phi) is 7.02. The maximum Gasteiger partial charge on any atom is 0.265 e. The minimum atomic E-state index is -0.553. The zero-order chi connectivity index (χ0) is 23.4. The van der Waals surface area contributed by atoms with E-state index in [2.05, 4.69) is 21.2 Å². The van der Waals surface area contributed by atoms with Gasteiger partial charge in [-0.25, -0.2) is 0 Å². The van der Waals surface area contributed by atoms with Crippen LogP contribution in [-0.4, -0.2) is 17.1 Å². The molecule has 1 aromatic heterocycles. The fraction of sp³-hybridized carbons (Fsp3) is 0.160. The second-order valence-electron chi connectivity index (χ2n) is 7.50. The van der Waals surface area contributed by atoms with Gasteiger partial charge in [-0.05, 0) is 55.3 Å². The van der Waals surface area contributed by atoms with Crippen molar-refractivity contribution < 1.29 is 14.0 Å². The molecule has 2 aromatic carbocycles. The maximum absolute atomic E-state index is 13.5. The van der Waals surface area contributed by atoms with Crippen LogP contribution in [0.3, 0.4) is 0 Å². The molecule has 4 rings (SSSR count). The van der Waals surface area contributed by atoms with Crippen molar-refractivity contribution in [2.75, 3.05) is 4.90 Å². The summed E-state index contributed by atoms with van der Waals surface area (Å²) < 4.78 is 6.11. The number of benzene rings is 2. The van der Waals surface area contributed by atoms with Crippen molar-refractivity contribution in [2.24, 2.45) is 0 Å². The Labute approximate surface area is 204 Å². The lowest BCUT2D eigenvalue weighted by molar-refractivity contribution is -0.117. The lowest BCUT2D eigenvalue weighted by Crippen LogP contribution is -2.32. The number of anilines is 1. The molecule has 1 aliphatic rings. The molecule has 2 amide bonds. The number of carbonyl (C=O) groups is 2. The molecular weight excluding hydrogens is 502 g/mol. The highest BCUT2D eigenvalue weighted by atomic mass is 79.9. The molecule has 1 aliphatic heterocycles. The van der Waals surface area contributed by atoms with Gasteiger partial charge in [0.05, 0.1) is 18.1 Å². The minimum absolute atomic E-state index is 0.102. The summed E-state index contributed by atoms with van der Waals surface area (Å²) in [5.74, 6) is -0.143. The van der Waals surface area contributed by atoms with E-state index < -0.39 is 11.2 Å². The number of rotatable bonds is 6. The largest absolute Gasteiger partial charge is 0.467 e. The number of amides is 2. The fourth-order valence-corrected chi connectivity index (χ4v) is 5.11. The van der Waals surface area contributed by atoms with E-state index in [9.17, 15) is 14.9 Å². The van der Waals surface area contributed by atoms with E-state index in [1.165, 1.54) is 22.9 Å². The number of thioether (sulfide) groups is 1. The molecule has 0 aliphatic carbocycles. The molecule has 0 spiro atoms. The number of hydrogen-bond acceptors (Lipinski definition) is 5. The lowest BCUT2D eigenvalue weighted by atomic mass is 10.1. The van der Waals surface area contributed by atoms with Crippen LogP contribution < -0.4 is 10.2 Å². The van der Waals surface area contributed by atoms with Gasteiger partial charge in [0, 0.05) is 10.2 Å². The number of nitrogens with one attached hydrogen (secondary N) is 1. The quantitative estimate of drug-likeness (QED) is 0.360. The third-order valence-electron chi connectivity index (χ3n) is 5.10. The van der Waals surface area contributed by atoms with Crippen LogP contribution in [0.1, 0.15) is 16.9 Å². The standard InChI is InChI=1S/C25H20BrN3O3S/c1-16-4-2-5-17(12-16)13-22-24(31)29(19-9-7-18(26)8-10-19)25(33-22)21(14-27)23(30)28-15-20-6-3-11-32-20/h2-12,22H,13,15H2,1H3,(H,28,30)/b25-21-. The van der Waals surface area contributed by atoms with Gasteiger partial charge in [-0.1, -0.05) is 57.5 Å². The first kappa shape index (κ1) is 22.9. The van der Waals surface area contributed by atoms with E-state index in [0.29, 0.717) is 22.9 Å². The van der Waals surface area contributed by atoms with Crippen LogP contribution in [0.15, 0.2) is 86.4 Å². The molecule has 3 aromatic rings. The van der Waals surface area contributed by atoms with E-state index in [1.54, 1.807) is 24.3 Å². The van der Waals surface area contributed by atoms with Crippen molar-refractivity contribution in [3.8, 4) is 6.07 Å². The predicted octanol–water partition coefficient (Wildman–Crippen LogP) is 5.09. The fourth-order valence-electron chi connectivity index (χ4n) is 3.53. The highest BCUT2D eigenvalue weighted by Gasteiger charge is 2.40. The summed E-state index contributed by atoms with van der Waals surface area (Å²) in [6.07, 6.45) is 2.01. The maximum atomic E-state index is 13.5. The Bertz CT molecular complexity index is 1250. The predicted molar refractivity (Wildman–Crippen MR) is 131 cm³/mol. The second kappa shape index (κ2) is 10.1. The third-order valence-corrected chi connectivity index (χ3v) is 6.89. The number of hydrogen-bond donors (Lipinski definition) is 1. The van der Waals surface area contributed by atoms with Gasteiger partial charge in [-0.15, -0.1) is 0 Å². The summed E-state index contributed by atoms with van der Waals surface area (Å²) in [5.41, 5.74) is 2.63. The first-order valence-corrected chi connectivity index (χ1v) is 11.9. The van der Waals surface area contributed by atoms with Gasteiger partial charge >= 0.3 is 0 Å². The van der Waals surface area contributed by atoms with Crippen LogP contribution in [0.5, 0.6) is 0 Å². The molecule has 1 atom stereocenters. The minimum Gasteiger partial charge on any atom is -0.467 e. The third kappa shape index (κ3) is 5.21. The van der Waals surface area contributed by atoms with E-state index in [-0.39, 0.29) is 18.0 Å². The average Bonchev–Trinajstić information content (AvgIpc) is 3.42. The Morgan fingerprint density at radius 2 is 2.00 bits per heavy atom. The Hall–Kier alpha value is -3.28. The smallest absolute Gasteiger partial charge is 0.265 e. The van der Waals surface area contributed by atoms with Gasteiger partial charge in [0.1, 0.15) is 22.4 Å². The number of furan rings is 1. The molecule has 8 heteroatoms. The number of carbonyl (C=O) groups excluding carboxylic acids is 2. The summed E-state index contributed by atoms with van der Waals surface area (Å²) in [6.45, 7) is 2.15. The van der Waals surface area contributed by atoms with Gasteiger partial charge in [-0.3, -0.25) is 14.5 Å². The van der Waals surface area contributed by atoms with Crippen LogP contribution in [0.2, 0.25) is 0 Å². The van der Waals surface area contributed by atoms with Crippen molar-refractivity contribution >= 4 is 45.2 Å².